The zero-order chi connectivity index (χ0) is 18.5. The van der Waals surface area contributed by atoms with E-state index in [-0.39, 0.29) is 0 Å². The summed E-state index contributed by atoms with van der Waals surface area (Å²) in [5.41, 5.74) is 1.13. The molecule has 6 heteroatoms. The van der Waals surface area contributed by atoms with E-state index in [1.54, 1.807) is 6.07 Å². The number of carbonyl (C=O) groups excluding carboxylic acids is 1. The Hall–Kier alpha value is -1.46. The van der Waals surface area contributed by atoms with Crippen molar-refractivity contribution in [2.24, 2.45) is 11.8 Å². The lowest BCUT2D eigenvalue weighted by atomic mass is 9.89. The second kappa shape index (κ2) is 6.61. The van der Waals surface area contributed by atoms with Crippen LogP contribution < -0.4 is 9.47 Å². The molecule has 0 radical (unpaired) electrons. The molecule has 4 rings (SSSR count). The fraction of sp³-hybridized carbons (Fsp3) is 0.650. The third-order valence-electron chi connectivity index (χ3n) is 6.00. The molecule has 26 heavy (non-hydrogen) atoms. The SMILES string of the molecule is COC(=O)c1cc(Cl)c2c(c1C)O[C@@](C)(C1CCN(CC3CC3)CC1)O2. The van der Waals surface area contributed by atoms with Gasteiger partial charge in [-0.05, 0) is 57.7 Å². The Morgan fingerprint density at radius 1 is 1.27 bits per heavy atom. The van der Waals surface area contributed by atoms with Crippen LogP contribution in [0.15, 0.2) is 6.07 Å². The lowest BCUT2D eigenvalue weighted by Gasteiger charge is -2.38. The monoisotopic (exact) mass is 379 g/mol. The van der Waals surface area contributed by atoms with Crippen molar-refractivity contribution in [3.63, 3.8) is 0 Å². The van der Waals surface area contributed by atoms with Crippen molar-refractivity contribution in [1.82, 2.24) is 4.90 Å². The van der Waals surface area contributed by atoms with Gasteiger partial charge in [-0.2, -0.15) is 0 Å². The first kappa shape index (κ1) is 17.9. The molecule has 0 bridgehead atoms. The molecule has 1 aromatic carbocycles. The molecule has 2 fully saturated rings. The van der Waals surface area contributed by atoms with Crippen LogP contribution in [0.5, 0.6) is 11.5 Å². The average molecular weight is 380 g/mol. The topological polar surface area (TPSA) is 48.0 Å². The number of piperidine rings is 1. The molecule has 1 saturated heterocycles. The number of likely N-dealkylation sites (tertiary alicyclic amines) is 1. The summed E-state index contributed by atoms with van der Waals surface area (Å²) in [6, 6.07) is 1.61. The maximum absolute atomic E-state index is 12.0. The molecule has 0 aromatic heterocycles. The number of hydrogen-bond acceptors (Lipinski definition) is 5. The summed E-state index contributed by atoms with van der Waals surface area (Å²) in [4.78, 5) is 14.6. The Morgan fingerprint density at radius 3 is 2.54 bits per heavy atom. The van der Waals surface area contributed by atoms with Crippen LogP contribution in [-0.4, -0.2) is 43.4 Å². The first-order valence-corrected chi connectivity index (χ1v) is 9.81. The van der Waals surface area contributed by atoms with E-state index in [0.717, 1.165) is 31.8 Å². The van der Waals surface area contributed by atoms with E-state index in [1.165, 1.54) is 26.5 Å². The van der Waals surface area contributed by atoms with Crippen molar-refractivity contribution >= 4 is 17.6 Å². The van der Waals surface area contributed by atoms with Crippen LogP contribution in [0, 0.1) is 18.8 Å². The highest BCUT2D eigenvalue weighted by Gasteiger charge is 2.47. The van der Waals surface area contributed by atoms with Crippen molar-refractivity contribution in [2.75, 3.05) is 26.7 Å². The molecule has 2 heterocycles. The molecular formula is C20H26ClNO4. The Labute approximate surface area is 159 Å². The van der Waals surface area contributed by atoms with Gasteiger partial charge in [-0.3, -0.25) is 0 Å². The fourth-order valence-corrected chi connectivity index (χ4v) is 4.37. The molecular weight excluding hydrogens is 354 g/mol. The van der Waals surface area contributed by atoms with Gasteiger partial charge in [0.05, 0.1) is 17.7 Å². The van der Waals surface area contributed by atoms with E-state index < -0.39 is 11.8 Å². The molecule has 1 saturated carbocycles. The molecule has 1 aliphatic carbocycles. The fourth-order valence-electron chi connectivity index (χ4n) is 4.14. The van der Waals surface area contributed by atoms with Crippen LogP contribution in [0.3, 0.4) is 0 Å². The zero-order valence-corrected chi connectivity index (χ0v) is 16.4. The third-order valence-corrected chi connectivity index (χ3v) is 6.28. The quantitative estimate of drug-likeness (QED) is 0.739. The molecule has 0 spiro atoms. The van der Waals surface area contributed by atoms with E-state index in [9.17, 15) is 4.79 Å². The second-order valence-corrected chi connectivity index (χ2v) is 8.33. The van der Waals surface area contributed by atoms with Crippen molar-refractivity contribution in [2.45, 2.75) is 45.3 Å². The summed E-state index contributed by atoms with van der Waals surface area (Å²) in [7, 11) is 1.36. The molecule has 3 aliphatic rings. The molecule has 142 valence electrons. The first-order valence-electron chi connectivity index (χ1n) is 9.43. The number of hydrogen-bond donors (Lipinski definition) is 0. The minimum atomic E-state index is -0.739. The summed E-state index contributed by atoms with van der Waals surface area (Å²) in [5, 5.41) is 0.390. The number of halogens is 1. The highest BCUT2D eigenvalue weighted by molar-refractivity contribution is 6.32. The van der Waals surface area contributed by atoms with Gasteiger partial charge in [0.2, 0.25) is 0 Å². The highest BCUT2D eigenvalue weighted by Crippen LogP contribution is 2.51. The minimum Gasteiger partial charge on any atom is -0.465 e. The van der Waals surface area contributed by atoms with Crippen LogP contribution in [0.2, 0.25) is 5.02 Å². The Kier molecular flexibility index (Phi) is 4.56. The summed E-state index contributed by atoms with van der Waals surface area (Å²) >= 11 is 6.38. The molecule has 0 unspecified atom stereocenters. The Bertz CT molecular complexity index is 725. The second-order valence-electron chi connectivity index (χ2n) is 7.92. The normalized spacial score (nSPS) is 26.2. The van der Waals surface area contributed by atoms with Gasteiger partial charge in [0.25, 0.3) is 5.79 Å². The van der Waals surface area contributed by atoms with Gasteiger partial charge in [-0.15, -0.1) is 0 Å². The molecule has 1 atom stereocenters. The number of carbonyl (C=O) groups is 1. The van der Waals surface area contributed by atoms with Gasteiger partial charge in [0, 0.05) is 24.9 Å². The van der Waals surface area contributed by atoms with Gasteiger partial charge in [0.1, 0.15) is 0 Å². The van der Waals surface area contributed by atoms with Crippen molar-refractivity contribution in [3.8, 4) is 11.5 Å². The maximum Gasteiger partial charge on any atom is 0.338 e. The number of rotatable bonds is 4. The zero-order valence-electron chi connectivity index (χ0n) is 15.6. The van der Waals surface area contributed by atoms with Crippen LogP contribution >= 0.6 is 11.6 Å². The van der Waals surface area contributed by atoms with E-state index in [2.05, 4.69) is 4.90 Å². The maximum atomic E-state index is 12.0. The number of nitrogens with zero attached hydrogens (tertiary/aromatic N) is 1. The lowest BCUT2D eigenvalue weighted by molar-refractivity contribution is -0.125. The number of esters is 1. The van der Waals surface area contributed by atoms with Gasteiger partial charge in [-0.1, -0.05) is 11.6 Å². The Morgan fingerprint density at radius 2 is 1.92 bits per heavy atom. The van der Waals surface area contributed by atoms with Gasteiger partial charge in [0.15, 0.2) is 11.5 Å². The van der Waals surface area contributed by atoms with E-state index in [4.69, 9.17) is 25.8 Å². The lowest BCUT2D eigenvalue weighted by Crippen LogP contribution is -2.48. The summed E-state index contributed by atoms with van der Waals surface area (Å²) < 4.78 is 17.3. The highest BCUT2D eigenvalue weighted by atomic mass is 35.5. The molecule has 0 amide bonds. The number of benzene rings is 1. The van der Waals surface area contributed by atoms with Crippen molar-refractivity contribution < 1.29 is 19.0 Å². The van der Waals surface area contributed by atoms with E-state index >= 15 is 0 Å². The van der Waals surface area contributed by atoms with Crippen LogP contribution in [0.4, 0.5) is 0 Å². The largest absolute Gasteiger partial charge is 0.465 e. The number of methoxy groups -OCH3 is 1. The van der Waals surface area contributed by atoms with E-state index in [0.29, 0.717) is 33.6 Å². The predicted octanol–water partition coefficient (Wildman–Crippen LogP) is 4.04. The number of fused-ring (bicyclic) bond motifs is 1. The molecule has 0 N–H and O–H groups in total. The minimum absolute atomic E-state index is 0.294. The Balaban J connectivity index is 1.51. The predicted molar refractivity (Wildman–Crippen MR) is 99.1 cm³/mol. The van der Waals surface area contributed by atoms with Crippen LogP contribution in [0.25, 0.3) is 0 Å². The molecule has 2 aliphatic heterocycles. The smallest absolute Gasteiger partial charge is 0.338 e. The summed E-state index contributed by atoms with van der Waals surface area (Å²) in [6.45, 7) is 7.23. The van der Waals surface area contributed by atoms with Gasteiger partial charge < -0.3 is 19.1 Å². The van der Waals surface area contributed by atoms with Gasteiger partial charge in [-0.25, -0.2) is 4.79 Å². The van der Waals surface area contributed by atoms with Crippen molar-refractivity contribution in [1.29, 1.82) is 0 Å². The molecule has 1 aromatic rings. The third kappa shape index (κ3) is 3.16. The van der Waals surface area contributed by atoms with E-state index in [1.807, 2.05) is 13.8 Å². The standard InChI is InChI=1S/C20H26ClNO4/c1-12-15(19(23)24-3)10-16(21)18-17(12)25-20(2,26-18)14-6-8-22(9-7-14)11-13-4-5-13/h10,13-14H,4-9,11H2,1-3H3/t20-/m1/s1. The average Bonchev–Trinajstić information content (AvgIpc) is 3.37. The van der Waals surface area contributed by atoms with Crippen molar-refractivity contribution in [3.05, 3.63) is 22.2 Å². The van der Waals surface area contributed by atoms with Crippen LogP contribution in [0.1, 0.15) is 48.5 Å². The first-order chi connectivity index (χ1) is 12.4. The van der Waals surface area contributed by atoms with Gasteiger partial charge >= 0.3 is 5.97 Å². The summed E-state index contributed by atoms with van der Waals surface area (Å²) in [5.74, 6) is 1.17. The van der Waals surface area contributed by atoms with Crippen LogP contribution in [-0.2, 0) is 4.74 Å². The summed E-state index contributed by atoms with van der Waals surface area (Å²) in [6.07, 6.45) is 4.86. The molecule has 5 nitrogen and oxygen atoms in total. The number of ether oxygens (including phenoxy) is 3.